The van der Waals surface area contributed by atoms with Crippen molar-refractivity contribution in [3.8, 4) is 27.8 Å². The van der Waals surface area contributed by atoms with Crippen molar-refractivity contribution in [1.82, 2.24) is 20.1 Å². The lowest BCUT2D eigenvalue weighted by atomic mass is 10.1. The van der Waals surface area contributed by atoms with Crippen LogP contribution in [0.2, 0.25) is 0 Å². The predicted octanol–water partition coefficient (Wildman–Crippen LogP) is 3.61. The fourth-order valence-corrected chi connectivity index (χ4v) is 4.28. The Morgan fingerprint density at radius 1 is 1.03 bits per heavy atom. The molecule has 1 aromatic carbocycles. The van der Waals surface area contributed by atoms with Gasteiger partial charge in [0.15, 0.2) is 11.5 Å². The molecule has 0 aliphatic rings. The van der Waals surface area contributed by atoms with Gasteiger partial charge in [-0.05, 0) is 52.8 Å². The summed E-state index contributed by atoms with van der Waals surface area (Å²) < 4.78 is 18.4. The maximum Gasteiger partial charge on any atom is 0.266 e. The number of nitrogens with one attached hydrogen (secondary N) is 1. The van der Waals surface area contributed by atoms with Gasteiger partial charge in [0.2, 0.25) is 5.75 Å². The van der Waals surface area contributed by atoms with Crippen LogP contribution in [0.1, 0.15) is 41.8 Å². The molecule has 0 saturated carbocycles. The fourth-order valence-electron chi connectivity index (χ4n) is 3.40. The zero-order valence-electron chi connectivity index (χ0n) is 20.1. The summed E-state index contributed by atoms with van der Waals surface area (Å²) in [6.45, 7) is 11.2. The number of carbonyl (C=O) groups is 1. The molecule has 2 aromatic heterocycles. The highest BCUT2D eigenvalue weighted by molar-refractivity contribution is 7.15. The zero-order chi connectivity index (χ0) is 24.7. The van der Waals surface area contributed by atoms with Crippen LogP contribution in [0.5, 0.6) is 17.2 Å². The van der Waals surface area contributed by atoms with Crippen LogP contribution in [-0.4, -0.2) is 47.0 Å². The summed E-state index contributed by atoms with van der Waals surface area (Å²) in [5, 5.41) is 8.24. The molecule has 0 fully saturated rings. The lowest BCUT2D eigenvalue weighted by Gasteiger charge is -2.17. The van der Waals surface area contributed by atoms with Gasteiger partial charge in [-0.25, -0.2) is 9.67 Å². The van der Waals surface area contributed by atoms with Crippen molar-refractivity contribution in [1.29, 1.82) is 0 Å². The summed E-state index contributed by atoms with van der Waals surface area (Å²) in [7, 11) is 0. The van der Waals surface area contributed by atoms with Gasteiger partial charge in [-0.15, -0.1) is 11.3 Å². The van der Waals surface area contributed by atoms with Crippen LogP contribution < -0.4 is 25.1 Å². The number of amides is 1. The molecule has 0 aliphatic carbocycles. The van der Waals surface area contributed by atoms with E-state index < -0.39 is 0 Å². The first-order chi connectivity index (χ1) is 16.4. The molecule has 1 N–H and O–H groups in total. The first-order valence-corrected chi connectivity index (χ1v) is 12.1. The first-order valence-electron chi connectivity index (χ1n) is 11.2. The molecule has 10 heteroatoms. The van der Waals surface area contributed by atoms with E-state index in [1.807, 2.05) is 34.6 Å². The van der Waals surface area contributed by atoms with Gasteiger partial charge in [0, 0.05) is 18.2 Å². The fraction of sp³-hybridized carbons (Fsp3) is 0.417. The Kier molecular flexibility index (Phi) is 8.64. The van der Waals surface area contributed by atoms with Crippen LogP contribution in [-0.2, 0) is 6.54 Å². The van der Waals surface area contributed by atoms with Crippen molar-refractivity contribution >= 4 is 17.2 Å². The number of benzene rings is 1. The van der Waals surface area contributed by atoms with Crippen LogP contribution in [0.4, 0.5) is 0 Å². The van der Waals surface area contributed by atoms with Gasteiger partial charge in [0.25, 0.3) is 11.5 Å². The summed E-state index contributed by atoms with van der Waals surface area (Å²) in [6.07, 6.45) is 0. The van der Waals surface area contributed by atoms with E-state index in [9.17, 15) is 9.59 Å². The minimum absolute atomic E-state index is 0.219. The molecule has 0 atom stereocenters. The lowest BCUT2D eigenvalue weighted by molar-refractivity contribution is 0.0950. The van der Waals surface area contributed by atoms with E-state index in [0.29, 0.717) is 48.3 Å². The Balaban J connectivity index is 1.75. The minimum Gasteiger partial charge on any atom is -0.490 e. The Hall–Kier alpha value is -3.40. The quantitative estimate of drug-likeness (QED) is 0.441. The lowest BCUT2D eigenvalue weighted by Crippen LogP contribution is -2.32. The summed E-state index contributed by atoms with van der Waals surface area (Å²) in [5.74, 6) is 1.05. The van der Waals surface area contributed by atoms with Gasteiger partial charge in [-0.2, -0.15) is 5.10 Å². The Labute approximate surface area is 202 Å². The van der Waals surface area contributed by atoms with Gasteiger partial charge < -0.3 is 19.5 Å². The van der Waals surface area contributed by atoms with Gasteiger partial charge in [0.1, 0.15) is 5.69 Å². The minimum atomic E-state index is -0.317. The second-order valence-corrected chi connectivity index (χ2v) is 8.49. The highest BCUT2D eigenvalue weighted by Gasteiger charge is 2.18. The van der Waals surface area contributed by atoms with E-state index in [0.717, 1.165) is 15.6 Å². The molecular formula is C24H30N4O5S. The summed E-state index contributed by atoms with van der Waals surface area (Å²) >= 11 is 1.53. The number of hydrogen-bond donors (Lipinski definition) is 1. The number of rotatable bonds is 11. The van der Waals surface area contributed by atoms with Crippen molar-refractivity contribution in [2.75, 3.05) is 26.4 Å². The molecule has 0 radical (unpaired) electrons. The molecule has 0 saturated heterocycles. The van der Waals surface area contributed by atoms with Crippen LogP contribution in [0.15, 0.2) is 29.1 Å². The smallest absolute Gasteiger partial charge is 0.266 e. The molecule has 1 amide bonds. The van der Waals surface area contributed by atoms with Crippen LogP contribution in [0.3, 0.4) is 0 Å². The van der Waals surface area contributed by atoms with E-state index in [4.69, 9.17) is 14.2 Å². The number of hydrogen-bond acceptors (Lipinski definition) is 8. The van der Waals surface area contributed by atoms with Crippen molar-refractivity contribution in [2.45, 2.75) is 41.2 Å². The standard InChI is InChI=1S/C24H30N4O5S/c1-6-31-19-13-17(14-20(32-7-2)22(19)33-8-3)24(30)25-11-12-28-21(29)10-9-18(27-28)23-15(4)26-16(5)34-23/h9-10,13-14H,6-8,11-12H2,1-5H3,(H,25,30). The molecule has 0 aliphatic heterocycles. The van der Waals surface area contributed by atoms with E-state index >= 15 is 0 Å². The molecule has 0 bridgehead atoms. The van der Waals surface area contributed by atoms with Crippen LogP contribution in [0.25, 0.3) is 10.6 Å². The number of nitrogens with zero attached hydrogens (tertiary/aromatic N) is 3. The maximum absolute atomic E-state index is 12.9. The van der Waals surface area contributed by atoms with Gasteiger partial charge in [-0.1, -0.05) is 0 Å². The third-order valence-electron chi connectivity index (χ3n) is 4.78. The molecule has 0 unspecified atom stereocenters. The molecule has 0 spiro atoms. The first kappa shape index (κ1) is 25.2. The Morgan fingerprint density at radius 2 is 1.68 bits per heavy atom. The Bertz CT molecular complexity index is 1180. The summed E-state index contributed by atoms with van der Waals surface area (Å²) in [4.78, 5) is 30.5. The molecular weight excluding hydrogens is 456 g/mol. The van der Waals surface area contributed by atoms with E-state index in [2.05, 4.69) is 15.4 Å². The number of ether oxygens (including phenoxy) is 3. The second kappa shape index (κ2) is 11.6. The van der Waals surface area contributed by atoms with E-state index in [-0.39, 0.29) is 24.6 Å². The average Bonchev–Trinajstić information content (AvgIpc) is 3.15. The number of aryl methyl sites for hydroxylation is 2. The second-order valence-electron chi connectivity index (χ2n) is 7.28. The van der Waals surface area contributed by atoms with Gasteiger partial charge >= 0.3 is 0 Å². The monoisotopic (exact) mass is 486 g/mol. The van der Waals surface area contributed by atoms with Crippen LogP contribution >= 0.6 is 11.3 Å². The Morgan fingerprint density at radius 3 is 2.24 bits per heavy atom. The molecule has 182 valence electrons. The maximum atomic E-state index is 12.9. The third kappa shape index (κ3) is 5.93. The molecule has 9 nitrogen and oxygen atoms in total. The SMILES string of the molecule is CCOc1cc(C(=O)NCCn2nc(-c3sc(C)nc3C)ccc2=O)cc(OCC)c1OCC. The molecule has 3 rings (SSSR count). The third-order valence-corrected chi connectivity index (χ3v) is 5.88. The summed E-state index contributed by atoms with van der Waals surface area (Å²) in [5.41, 5.74) is 1.69. The van der Waals surface area contributed by atoms with Crippen molar-refractivity contribution in [2.24, 2.45) is 0 Å². The number of carbonyl (C=O) groups excluding carboxylic acids is 1. The summed E-state index contributed by atoms with van der Waals surface area (Å²) in [6, 6.07) is 6.44. The van der Waals surface area contributed by atoms with Crippen LogP contribution in [0, 0.1) is 13.8 Å². The van der Waals surface area contributed by atoms with Crippen molar-refractivity contribution in [3.05, 3.63) is 50.9 Å². The number of thiazole rings is 1. The van der Waals surface area contributed by atoms with Gasteiger partial charge in [0.05, 0.1) is 41.9 Å². The van der Waals surface area contributed by atoms with Crippen molar-refractivity contribution in [3.63, 3.8) is 0 Å². The number of aromatic nitrogens is 3. The van der Waals surface area contributed by atoms with E-state index in [1.54, 1.807) is 18.2 Å². The topological polar surface area (TPSA) is 105 Å². The molecule has 3 aromatic rings. The average molecular weight is 487 g/mol. The largest absolute Gasteiger partial charge is 0.490 e. The van der Waals surface area contributed by atoms with E-state index in [1.165, 1.54) is 22.1 Å². The molecule has 34 heavy (non-hydrogen) atoms. The molecule has 2 heterocycles. The normalized spacial score (nSPS) is 10.7. The predicted molar refractivity (Wildman–Crippen MR) is 131 cm³/mol. The zero-order valence-corrected chi connectivity index (χ0v) is 21.0. The highest BCUT2D eigenvalue weighted by Crippen LogP contribution is 2.39. The highest BCUT2D eigenvalue weighted by atomic mass is 32.1. The van der Waals surface area contributed by atoms with Gasteiger partial charge in [-0.3, -0.25) is 9.59 Å². The van der Waals surface area contributed by atoms with Crippen molar-refractivity contribution < 1.29 is 19.0 Å².